The summed E-state index contributed by atoms with van der Waals surface area (Å²) in [5.74, 6) is 1.16. The molecular formula is C26H33N5O2. The van der Waals surface area contributed by atoms with Crippen molar-refractivity contribution in [2.75, 3.05) is 20.1 Å². The van der Waals surface area contributed by atoms with Gasteiger partial charge in [0.1, 0.15) is 6.17 Å². The second kappa shape index (κ2) is 10.1. The Balaban J connectivity index is 1.55. The maximum absolute atomic E-state index is 12.7. The molecule has 2 N–H and O–H groups in total. The molecule has 174 valence electrons. The number of amides is 3. The third kappa shape index (κ3) is 5.02. The molecule has 4 rings (SSSR count). The molecule has 7 nitrogen and oxygen atoms in total. The number of likely N-dealkylation sites (N-methyl/N-ethyl adjacent to an activating group) is 1. The van der Waals surface area contributed by atoms with Crippen molar-refractivity contribution in [1.82, 2.24) is 20.4 Å². The molecule has 3 amide bonds. The molecule has 2 aromatic carbocycles. The van der Waals surface area contributed by atoms with E-state index in [1.807, 2.05) is 17.0 Å². The smallest absolute Gasteiger partial charge is 0.325 e. The van der Waals surface area contributed by atoms with Crippen molar-refractivity contribution >= 4 is 17.9 Å². The van der Waals surface area contributed by atoms with Crippen molar-refractivity contribution in [2.24, 2.45) is 10.9 Å². The number of rotatable bonds is 8. The zero-order chi connectivity index (χ0) is 23.4. The van der Waals surface area contributed by atoms with E-state index in [-0.39, 0.29) is 17.9 Å². The third-order valence-corrected chi connectivity index (χ3v) is 6.45. The predicted molar refractivity (Wildman–Crippen MR) is 130 cm³/mol. The fourth-order valence-corrected chi connectivity index (χ4v) is 4.56. The normalized spacial score (nSPS) is 21.5. The summed E-state index contributed by atoms with van der Waals surface area (Å²) >= 11 is 0. The van der Waals surface area contributed by atoms with Crippen LogP contribution in [0, 0.1) is 5.92 Å². The summed E-state index contributed by atoms with van der Waals surface area (Å²) in [6, 6.07) is 20.1. The van der Waals surface area contributed by atoms with Crippen LogP contribution in [0.5, 0.6) is 0 Å². The van der Waals surface area contributed by atoms with E-state index in [1.54, 1.807) is 11.9 Å². The van der Waals surface area contributed by atoms with Crippen LogP contribution in [-0.2, 0) is 4.79 Å². The van der Waals surface area contributed by atoms with Gasteiger partial charge in [-0.3, -0.25) is 15.1 Å². The Labute approximate surface area is 195 Å². The van der Waals surface area contributed by atoms with E-state index in [9.17, 15) is 9.59 Å². The van der Waals surface area contributed by atoms with E-state index >= 15 is 0 Å². The lowest BCUT2D eigenvalue weighted by Gasteiger charge is -2.35. The minimum absolute atomic E-state index is 0.233. The van der Waals surface area contributed by atoms with Gasteiger partial charge in [-0.1, -0.05) is 74.5 Å². The number of fused-ring (bicyclic) bond motifs is 1. The van der Waals surface area contributed by atoms with E-state index in [2.05, 4.69) is 73.0 Å². The standard InChI is InChI=1S/C26H33N5O2/c1-18(2)15-17-31-22-23(30(3)26(33)29-24(22)32)28-25(31)27-16-14-21(19-10-6-4-7-11-19)20-12-8-5-9-13-20/h4-13,18,21-23H,14-17H2,1-3H3,(H,27,28)(H,29,32,33). The zero-order valence-electron chi connectivity index (χ0n) is 19.6. The molecule has 0 saturated carbocycles. The summed E-state index contributed by atoms with van der Waals surface area (Å²) in [7, 11) is 1.71. The van der Waals surface area contributed by atoms with Crippen LogP contribution >= 0.6 is 0 Å². The first-order valence-electron chi connectivity index (χ1n) is 11.7. The number of benzene rings is 2. The largest absolute Gasteiger partial charge is 0.334 e. The summed E-state index contributed by atoms with van der Waals surface area (Å²) in [6.45, 7) is 5.64. The molecule has 2 aromatic rings. The van der Waals surface area contributed by atoms with E-state index in [0.717, 1.165) is 12.8 Å². The van der Waals surface area contributed by atoms with E-state index < -0.39 is 12.2 Å². The lowest BCUT2D eigenvalue weighted by molar-refractivity contribution is -0.127. The highest BCUT2D eigenvalue weighted by atomic mass is 16.2. The molecule has 2 atom stereocenters. The summed E-state index contributed by atoms with van der Waals surface area (Å²) in [4.78, 5) is 33.3. The Morgan fingerprint density at radius 1 is 0.939 bits per heavy atom. The second-order valence-corrected chi connectivity index (χ2v) is 9.18. The minimum atomic E-state index is -0.468. The molecule has 0 aliphatic carbocycles. The molecule has 2 heterocycles. The molecular weight excluding hydrogens is 414 g/mol. The topological polar surface area (TPSA) is 77.0 Å². The summed E-state index contributed by atoms with van der Waals surface area (Å²) < 4.78 is 0. The van der Waals surface area contributed by atoms with Crippen LogP contribution in [0.3, 0.4) is 0 Å². The number of imide groups is 1. The van der Waals surface area contributed by atoms with Crippen LogP contribution in [0.25, 0.3) is 0 Å². The molecule has 2 saturated heterocycles. The van der Waals surface area contributed by atoms with Gasteiger partial charge < -0.3 is 15.1 Å². The van der Waals surface area contributed by atoms with E-state index in [0.29, 0.717) is 25.0 Å². The SMILES string of the molecule is CC(C)CCN1C(=NCCC(c2ccccc2)c2ccccc2)NC2C1C(=O)NC(=O)N2C. The lowest BCUT2D eigenvalue weighted by atomic mass is 9.89. The molecule has 7 heteroatoms. The van der Waals surface area contributed by atoms with Crippen LogP contribution in [0.15, 0.2) is 65.7 Å². The molecule has 2 fully saturated rings. The van der Waals surface area contributed by atoms with Gasteiger partial charge in [-0.2, -0.15) is 0 Å². The van der Waals surface area contributed by atoms with Crippen molar-refractivity contribution in [1.29, 1.82) is 0 Å². The molecule has 0 spiro atoms. The number of nitrogens with zero attached hydrogens (tertiary/aromatic N) is 3. The van der Waals surface area contributed by atoms with Gasteiger partial charge in [-0.25, -0.2) is 4.79 Å². The van der Waals surface area contributed by atoms with Gasteiger partial charge in [0, 0.05) is 26.1 Å². The molecule has 2 unspecified atom stereocenters. The molecule has 33 heavy (non-hydrogen) atoms. The van der Waals surface area contributed by atoms with Crippen LogP contribution in [-0.4, -0.2) is 60.0 Å². The number of guanidine groups is 1. The van der Waals surface area contributed by atoms with Crippen LogP contribution in [0.1, 0.15) is 43.7 Å². The average molecular weight is 448 g/mol. The second-order valence-electron chi connectivity index (χ2n) is 9.18. The highest BCUT2D eigenvalue weighted by molar-refractivity contribution is 6.04. The minimum Gasteiger partial charge on any atom is -0.334 e. The van der Waals surface area contributed by atoms with Gasteiger partial charge in [-0.15, -0.1) is 0 Å². The Hall–Kier alpha value is -3.35. The Morgan fingerprint density at radius 2 is 1.55 bits per heavy atom. The maximum atomic E-state index is 12.7. The first kappa shape index (κ1) is 22.8. The fraction of sp³-hybridized carbons (Fsp3) is 0.423. The van der Waals surface area contributed by atoms with Gasteiger partial charge in [0.05, 0.1) is 0 Å². The van der Waals surface area contributed by atoms with E-state index in [1.165, 1.54) is 11.1 Å². The number of carbonyl (C=O) groups excluding carboxylic acids is 2. The van der Waals surface area contributed by atoms with Crippen molar-refractivity contribution in [3.05, 3.63) is 71.8 Å². The highest BCUT2D eigenvalue weighted by Crippen LogP contribution is 2.28. The molecule has 2 aliphatic rings. The van der Waals surface area contributed by atoms with Gasteiger partial charge in [0.15, 0.2) is 12.0 Å². The lowest BCUT2D eigenvalue weighted by Crippen LogP contribution is -2.64. The molecule has 0 radical (unpaired) electrons. The van der Waals surface area contributed by atoms with Gasteiger partial charge >= 0.3 is 6.03 Å². The average Bonchev–Trinajstić information content (AvgIpc) is 3.19. The van der Waals surface area contributed by atoms with Crippen molar-refractivity contribution < 1.29 is 9.59 Å². The van der Waals surface area contributed by atoms with Crippen LogP contribution < -0.4 is 10.6 Å². The van der Waals surface area contributed by atoms with Crippen molar-refractivity contribution in [3.63, 3.8) is 0 Å². The first-order chi connectivity index (χ1) is 16.0. The van der Waals surface area contributed by atoms with Crippen LogP contribution in [0.2, 0.25) is 0 Å². The third-order valence-electron chi connectivity index (χ3n) is 6.45. The number of hydrogen-bond acceptors (Lipinski definition) is 3. The maximum Gasteiger partial charge on any atom is 0.325 e. The fourth-order valence-electron chi connectivity index (χ4n) is 4.56. The summed E-state index contributed by atoms with van der Waals surface area (Å²) in [6.07, 6.45) is 1.37. The van der Waals surface area contributed by atoms with Gasteiger partial charge in [0.25, 0.3) is 5.91 Å². The van der Waals surface area contributed by atoms with Crippen molar-refractivity contribution in [3.8, 4) is 0 Å². The predicted octanol–water partition coefficient (Wildman–Crippen LogP) is 3.39. The molecule has 0 aromatic heterocycles. The molecule has 2 aliphatic heterocycles. The number of urea groups is 1. The van der Waals surface area contributed by atoms with Crippen LogP contribution in [0.4, 0.5) is 4.79 Å². The Bertz CT molecular complexity index is 953. The van der Waals surface area contributed by atoms with E-state index in [4.69, 9.17) is 4.99 Å². The monoisotopic (exact) mass is 447 g/mol. The number of nitrogens with one attached hydrogen (secondary N) is 2. The molecule has 0 bridgehead atoms. The summed E-state index contributed by atoms with van der Waals surface area (Å²) in [5, 5.41) is 5.82. The quantitative estimate of drug-likeness (QED) is 0.650. The van der Waals surface area contributed by atoms with Gasteiger partial charge in [0.2, 0.25) is 0 Å². The first-order valence-corrected chi connectivity index (χ1v) is 11.7. The Morgan fingerprint density at radius 3 is 2.12 bits per heavy atom. The number of carbonyl (C=O) groups is 2. The highest BCUT2D eigenvalue weighted by Gasteiger charge is 2.49. The zero-order valence-corrected chi connectivity index (χ0v) is 19.6. The Kier molecular flexibility index (Phi) is 6.96. The van der Waals surface area contributed by atoms with Crippen molar-refractivity contribution in [2.45, 2.75) is 44.8 Å². The summed E-state index contributed by atoms with van der Waals surface area (Å²) in [5.41, 5.74) is 2.52. The number of hydrogen-bond donors (Lipinski definition) is 2. The van der Waals surface area contributed by atoms with Gasteiger partial charge in [-0.05, 0) is 29.9 Å². The number of aliphatic imine (C=N–C) groups is 1.